The standard InChI is InChI=1S/C26H25F3N4O5S/c1-3-21-24(15-5-8-22(18(27)11-15)38-26(28)29)32-23-12-16(9-10-33(21)23)25(35)31-20(14-34)19-7-6-17(13-30-19)39(36,37)4-2/h5-13,20,26,34H,3-4,14H2,1-2H3,(H,31,35)/t20-/m0/s1. The Hall–Kier alpha value is -3.97. The van der Waals surface area contributed by atoms with Crippen LogP contribution in [0.15, 0.2) is 59.8 Å². The number of nitrogens with zero attached hydrogens (tertiary/aromatic N) is 3. The lowest BCUT2D eigenvalue weighted by Crippen LogP contribution is -2.31. The van der Waals surface area contributed by atoms with Crippen LogP contribution in [0.1, 0.15) is 41.6 Å². The van der Waals surface area contributed by atoms with Crippen LogP contribution in [-0.2, 0) is 16.3 Å². The predicted molar refractivity (Wildman–Crippen MR) is 136 cm³/mol. The lowest BCUT2D eigenvalue weighted by Gasteiger charge is -2.16. The number of hydrogen-bond acceptors (Lipinski definition) is 7. The van der Waals surface area contributed by atoms with E-state index in [1.807, 2.05) is 6.92 Å². The number of ether oxygens (including phenoxy) is 1. The number of carbonyl (C=O) groups is 1. The van der Waals surface area contributed by atoms with Gasteiger partial charge in [-0.25, -0.2) is 17.8 Å². The van der Waals surface area contributed by atoms with Gasteiger partial charge in [0.15, 0.2) is 21.4 Å². The SMILES string of the molecule is CCc1c(-c2ccc(OC(F)F)c(F)c2)nc2cc(C(=O)N[C@@H](CO)c3ccc(S(=O)(=O)CC)cn3)ccn12. The number of hydrogen-bond donors (Lipinski definition) is 2. The number of aryl methyl sites for hydroxylation is 1. The fraction of sp³-hybridized carbons (Fsp3) is 0.269. The van der Waals surface area contributed by atoms with Crippen molar-refractivity contribution >= 4 is 21.4 Å². The van der Waals surface area contributed by atoms with Gasteiger partial charge >= 0.3 is 6.61 Å². The van der Waals surface area contributed by atoms with E-state index in [2.05, 4.69) is 20.0 Å². The number of aliphatic hydroxyl groups is 1. The van der Waals surface area contributed by atoms with E-state index in [-0.39, 0.29) is 21.9 Å². The molecule has 4 aromatic rings. The van der Waals surface area contributed by atoms with Gasteiger partial charge in [-0.3, -0.25) is 9.78 Å². The molecule has 0 aliphatic heterocycles. The first-order valence-corrected chi connectivity index (χ1v) is 13.6. The van der Waals surface area contributed by atoms with Crippen molar-refractivity contribution < 1.29 is 36.2 Å². The van der Waals surface area contributed by atoms with Crippen molar-refractivity contribution in [1.29, 1.82) is 0 Å². The van der Waals surface area contributed by atoms with E-state index in [1.165, 1.54) is 37.4 Å². The zero-order valence-corrected chi connectivity index (χ0v) is 21.8. The summed E-state index contributed by atoms with van der Waals surface area (Å²) in [6, 6.07) is 8.55. The van der Waals surface area contributed by atoms with E-state index in [0.717, 1.165) is 12.1 Å². The average Bonchev–Trinajstić information content (AvgIpc) is 3.30. The number of halogens is 3. The summed E-state index contributed by atoms with van der Waals surface area (Å²) in [5.74, 6) is -2.16. The maximum absolute atomic E-state index is 14.3. The minimum atomic E-state index is -3.45. The number of benzene rings is 1. The summed E-state index contributed by atoms with van der Waals surface area (Å²) in [5.41, 5.74) is 2.35. The van der Waals surface area contributed by atoms with Crippen LogP contribution in [0.4, 0.5) is 13.2 Å². The highest BCUT2D eigenvalue weighted by molar-refractivity contribution is 7.91. The number of amides is 1. The monoisotopic (exact) mass is 562 g/mol. The highest BCUT2D eigenvalue weighted by Gasteiger charge is 2.21. The van der Waals surface area contributed by atoms with Crippen molar-refractivity contribution in [2.75, 3.05) is 12.4 Å². The van der Waals surface area contributed by atoms with Crippen molar-refractivity contribution in [2.45, 2.75) is 37.8 Å². The van der Waals surface area contributed by atoms with Gasteiger partial charge in [-0.05, 0) is 48.9 Å². The lowest BCUT2D eigenvalue weighted by molar-refractivity contribution is -0.0521. The number of rotatable bonds is 10. The summed E-state index contributed by atoms with van der Waals surface area (Å²) in [7, 11) is -3.45. The molecule has 3 heterocycles. The first kappa shape index (κ1) is 28.0. The molecule has 3 aromatic heterocycles. The predicted octanol–water partition coefficient (Wildman–Crippen LogP) is 3.96. The normalized spacial score (nSPS) is 12.6. The first-order valence-electron chi connectivity index (χ1n) is 11.9. The molecule has 0 aliphatic carbocycles. The third-order valence-corrected chi connectivity index (χ3v) is 7.81. The number of fused-ring (bicyclic) bond motifs is 1. The summed E-state index contributed by atoms with van der Waals surface area (Å²) in [6.45, 7) is -0.253. The van der Waals surface area contributed by atoms with E-state index in [1.54, 1.807) is 16.7 Å². The Morgan fingerprint density at radius 2 is 1.92 bits per heavy atom. The Morgan fingerprint density at radius 1 is 1.15 bits per heavy atom. The highest BCUT2D eigenvalue weighted by Crippen LogP contribution is 2.30. The molecule has 0 saturated carbocycles. The largest absolute Gasteiger partial charge is 0.432 e. The van der Waals surface area contributed by atoms with Crippen LogP contribution in [0.5, 0.6) is 5.75 Å². The molecule has 1 amide bonds. The number of nitrogens with one attached hydrogen (secondary N) is 1. The second-order valence-electron chi connectivity index (χ2n) is 8.46. The van der Waals surface area contributed by atoms with Crippen molar-refractivity contribution in [2.24, 2.45) is 0 Å². The fourth-order valence-electron chi connectivity index (χ4n) is 4.05. The number of sulfone groups is 1. The van der Waals surface area contributed by atoms with Gasteiger partial charge in [-0.15, -0.1) is 0 Å². The molecule has 206 valence electrons. The number of alkyl halides is 2. The van der Waals surface area contributed by atoms with E-state index in [9.17, 15) is 31.5 Å². The number of pyridine rings is 2. The van der Waals surface area contributed by atoms with Crippen LogP contribution in [-0.4, -0.2) is 52.8 Å². The maximum atomic E-state index is 14.3. The van der Waals surface area contributed by atoms with Crippen molar-refractivity contribution in [3.8, 4) is 17.0 Å². The molecular weight excluding hydrogens is 537 g/mol. The molecule has 4 rings (SSSR count). The van der Waals surface area contributed by atoms with Crippen LogP contribution >= 0.6 is 0 Å². The Morgan fingerprint density at radius 3 is 2.51 bits per heavy atom. The van der Waals surface area contributed by atoms with Gasteiger partial charge in [0, 0.05) is 23.5 Å². The minimum absolute atomic E-state index is 0.0418. The Labute approximate surface area is 222 Å². The summed E-state index contributed by atoms with van der Waals surface area (Å²) < 4.78 is 69.2. The molecule has 0 radical (unpaired) electrons. The molecule has 2 N–H and O–H groups in total. The van der Waals surface area contributed by atoms with E-state index in [0.29, 0.717) is 29.0 Å². The molecule has 13 heteroatoms. The van der Waals surface area contributed by atoms with Crippen LogP contribution in [0.2, 0.25) is 0 Å². The van der Waals surface area contributed by atoms with Gasteiger partial charge in [0.2, 0.25) is 0 Å². The van der Waals surface area contributed by atoms with Gasteiger partial charge < -0.3 is 19.6 Å². The maximum Gasteiger partial charge on any atom is 0.387 e. The van der Waals surface area contributed by atoms with Crippen LogP contribution in [0.3, 0.4) is 0 Å². The van der Waals surface area contributed by atoms with Crippen LogP contribution in [0, 0.1) is 5.82 Å². The molecule has 0 bridgehead atoms. The molecule has 1 aromatic carbocycles. The molecule has 0 unspecified atom stereocenters. The molecule has 0 fully saturated rings. The first-order chi connectivity index (χ1) is 18.6. The van der Waals surface area contributed by atoms with Crippen molar-refractivity contribution in [1.82, 2.24) is 19.7 Å². The van der Waals surface area contributed by atoms with Gasteiger partial charge in [0.25, 0.3) is 5.91 Å². The van der Waals surface area contributed by atoms with E-state index < -0.39 is 46.6 Å². The second kappa shape index (κ2) is 11.4. The molecule has 9 nitrogen and oxygen atoms in total. The molecule has 0 saturated heterocycles. The number of aliphatic hydroxyl groups excluding tert-OH is 1. The molecule has 1 atom stereocenters. The third-order valence-electron chi connectivity index (χ3n) is 6.09. The fourth-order valence-corrected chi connectivity index (χ4v) is 4.87. The minimum Gasteiger partial charge on any atom is -0.432 e. The lowest BCUT2D eigenvalue weighted by atomic mass is 10.1. The van der Waals surface area contributed by atoms with Crippen LogP contribution in [0.25, 0.3) is 16.9 Å². The zero-order chi connectivity index (χ0) is 28.3. The van der Waals surface area contributed by atoms with Gasteiger partial charge in [-0.1, -0.05) is 13.8 Å². The zero-order valence-electron chi connectivity index (χ0n) is 20.9. The molecular formula is C26H25F3N4O5S. The van der Waals surface area contributed by atoms with E-state index >= 15 is 0 Å². The Kier molecular flexibility index (Phi) is 8.21. The van der Waals surface area contributed by atoms with Crippen molar-refractivity contribution in [3.05, 3.63) is 77.6 Å². The number of imidazole rings is 1. The Bertz CT molecular complexity index is 1610. The molecule has 39 heavy (non-hydrogen) atoms. The summed E-state index contributed by atoms with van der Waals surface area (Å²) >= 11 is 0. The smallest absolute Gasteiger partial charge is 0.387 e. The molecule has 0 spiro atoms. The van der Waals surface area contributed by atoms with E-state index in [4.69, 9.17) is 0 Å². The topological polar surface area (TPSA) is 123 Å². The summed E-state index contributed by atoms with van der Waals surface area (Å²) in [5, 5.41) is 12.5. The van der Waals surface area contributed by atoms with Crippen molar-refractivity contribution in [3.63, 3.8) is 0 Å². The number of aromatic nitrogens is 3. The van der Waals surface area contributed by atoms with Gasteiger partial charge in [0.05, 0.1) is 40.4 Å². The second-order valence-corrected chi connectivity index (χ2v) is 10.7. The van der Waals surface area contributed by atoms with Gasteiger partial charge in [-0.2, -0.15) is 8.78 Å². The molecule has 0 aliphatic rings. The average molecular weight is 563 g/mol. The summed E-state index contributed by atoms with van der Waals surface area (Å²) in [4.78, 5) is 21.7. The van der Waals surface area contributed by atoms with Crippen LogP contribution < -0.4 is 10.1 Å². The third kappa shape index (κ3) is 5.88. The highest BCUT2D eigenvalue weighted by atomic mass is 32.2. The summed E-state index contributed by atoms with van der Waals surface area (Å²) in [6.07, 6.45) is 3.31. The number of carbonyl (C=O) groups excluding carboxylic acids is 1. The quantitative estimate of drug-likeness (QED) is 0.300. The Balaban J connectivity index is 1.60. The van der Waals surface area contributed by atoms with Gasteiger partial charge in [0.1, 0.15) is 5.65 Å².